The molecule has 1 saturated heterocycles. The van der Waals surface area contributed by atoms with Gasteiger partial charge in [-0.3, -0.25) is 0 Å². The van der Waals surface area contributed by atoms with Crippen molar-refractivity contribution in [1.29, 1.82) is 0 Å². The molecule has 1 unspecified atom stereocenters. The Kier molecular flexibility index (Phi) is 3.89. The van der Waals surface area contributed by atoms with E-state index in [1.807, 2.05) is 30.5 Å². The van der Waals surface area contributed by atoms with E-state index in [0.717, 1.165) is 34.5 Å². The van der Waals surface area contributed by atoms with Crippen LogP contribution in [0, 0.1) is 0 Å². The van der Waals surface area contributed by atoms with E-state index in [0.29, 0.717) is 6.04 Å². The van der Waals surface area contributed by atoms with E-state index in [1.54, 1.807) is 0 Å². The van der Waals surface area contributed by atoms with Crippen molar-refractivity contribution in [3.05, 3.63) is 46.8 Å². The molecule has 0 bridgehead atoms. The molecule has 2 aromatic rings. The molecule has 1 aromatic heterocycles. The molecule has 3 rings (SSSR count). The van der Waals surface area contributed by atoms with E-state index < -0.39 is 0 Å². The molecule has 1 fully saturated rings. The third-order valence-electron chi connectivity index (χ3n) is 3.45. The number of aromatic nitrogens is 2. The number of hydrogen-bond acceptors (Lipinski definition) is 3. The van der Waals surface area contributed by atoms with Crippen molar-refractivity contribution in [1.82, 2.24) is 15.3 Å². The Bertz CT molecular complexity index is 565. The summed E-state index contributed by atoms with van der Waals surface area (Å²) in [6.45, 7) is 1.06. The van der Waals surface area contributed by atoms with Crippen LogP contribution in [0.5, 0.6) is 0 Å². The molecule has 0 spiro atoms. The monoisotopic (exact) mass is 317 g/mol. The zero-order valence-electron chi connectivity index (χ0n) is 10.6. The van der Waals surface area contributed by atoms with Crippen LogP contribution in [0.15, 0.2) is 41.0 Å². The summed E-state index contributed by atoms with van der Waals surface area (Å²) in [6.07, 6.45) is 5.48. The standard InChI is InChI=1S/C15H16BrN3/c16-12-6-2-1-5-11(12)13-8-10-18-15(19-13)14-7-3-4-9-17-14/h1-2,5-6,8,10,14,17H,3-4,7,9H2. The van der Waals surface area contributed by atoms with Crippen LogP contribution in [-0.2, 0) is 0 Å². The fourth-order valence-corrected chi connectivity index (χ4v) is 2.92. The first-order valence-electron chi connectivity index (χ1n) is 6.66. The number of halogens is 1. The molecule has 1 N–H and O–H groups in total. The van der Waals surface area contributed by atoms with Crippen LogP contribution < -0.4 is 5.32 Å². The van der Waals surface area contributed by atoms with Gasteiger partial charge >= 0.3 is 0 Å². The summed E-state index contributed by atoms with van der Waals surface area (Å²) < 4.78 is 1.07. The SMILES string of the molecule is Brc1ccccc1-c1ccnc(C2CCCCN2)n1. The highest BCUT2D eigenvalue weighted by Gasteiger charge is 2.17. The van der Waals surface area contributed by atoms with E-state index in [1.165, 1.54) is 12.8 Å². The van der Waals surface area contributed by atoms with Gasteiger partial charge in [-0.05, 0) is 31.5 Å². The molecular weight excluding hydrogens is 302 g/mol. The molecule has 0 amide bonds. The summed E-state index contributed by atoms with van der Waals surface area (Å²) >= 11 is 3.58. The molecule has 4 heteroatoms. The Morgan fingerprint density at radius 2 is 2.05 bits per heavy atom. The highest BCUT2D eigenvalue weighted by atomic mass is 79.9. The van der Waals surface area contributed by atoms with Gasteiger partial charge in [-0.2, -0.15) is 0 Å². The number of piperidine rings is 1. The van der Waals surface area contributed by atoms with Gasteiger partial charge in [0.1, 0.15) is 5.82 Å². The average molecular weight is 318 g/mol. The highest BCUT2D eigenvalue weighted by Crippen LogP contribution is 2.27. The maximum absolute atomic E-state index is 4.72. The van der Waals surface area contributed by atoms with Gasteiger partial charge in [-0.1, -0.05) is 40.5 Å². The van der Waals surface area contributed by atoms with Crippen LogP contribution in [0.3, 0.4) is 0 Å². The van der Waals surface area contributed by atoms with Crippen molar-refractivity contribution < 1.29 is 0 Å². The first-order chi connectivity index (χ1) is 9.34. The van der Waals surface area contributed by atoms with E-state index >= 15 is 0 Å². The summed E-state index contributed by atoms with van der Waals surface area (Å²) in [6, 6.07) is 10.4. The summed E-state index contributed by atoms with van der Waals surface area (Å²) in [7, 11) is 0. The van der Waals surface area contributed by atoms with Gasteiger partial charge < -0.3 is 5.32 Å². The van der Waals surface area contributed by atoms with E-state index in [4.69, 9.17) is 4.98 Å². The first-order valence-corrected chi connectivity index (χ1v) is 7.45. The van der Waals surface area contributed by atoms with Crippen LogP contribution in [0.1, 0.15) is 31.1 Å². The minimum absolute atomic E-state index is 0.302. The lowest BCUT2D eigenvalue weighted by molar-refractivity contribution is 0.397. The lowest BCUT2D eigenvalue weighted by Gasteiger charge is -2.22. The molecule has 1 aliphatic rings. The third kappa shape index (κ3) is 2.85. The Morgan fingerprint density at radius 3 is 2.84 bits per heavy atom. The third-order valence-corrected chi connectivity index (χ3v) is 4.14. The zero-order valence-corrected chi connectivity index (χ0v) is 12.2. The number of hydrogen-bond donors (Lipinski definition) is 1. The van der Waals surface area contributed by atoms with E-state index in [2.05, 4.69) is 32.3 Å². The molecule has 0 aliphatic carbocycles. The van der Waals surface area contributed by atoms with E-state index in [-0.39, 0.29) is 0 Å². The van der Waals surface area contributed by atoms with Gasteiger partial charge in [-0.15, -0.1) is 0 Å². The average Bonchev–Trinajstić information content (AvgIpc) is 2.49. The Balaban J connectivity index is 1.93. The van der Waals surface area contributed by atoms with Gasteiger partial charge in [0.2, 0.25) is 0 Å². The van der Waals surface area contributed by atoms with Crippen LogP contribution in [-0.4, -0.2) is 16.5 Å². The largest absolute Gasteiger partial charge is 0.307 e. The normalized spacial score (nSPS) is 19.3. The molecule has 1 aromatic carbocycles. The second kappa shape index (κ2) is 5.80. The molecule has 0 saturated carbocycles. The zero-order chi connectivity index (χ0) is 13.1. The quantitative estimate of drug-likeness (QED) is 0.917. The fraction of sp³-hybridized carbons (Fsp3) is 0.333. The summed E-state index contributed by atoms with van der Waals surface area (Å²) in [4.78, 5) is 9.15. The molecular formula is C15H16BrN3. The first kappa shape index (κ1) is 12.8. The number of nitrogens with zero attached hydrogens (tertiary/aromatic N) is 2. The summed E-state index contributed by atoms with van der Waals surface area (Å²) in [5.74, 6) is 0.910. The van der Waals surface area contributed by atoms with Gasteiger partial charge in [0, 0.05) is 16.2 Å². The van der Waals surface area contributed by atoms with Crippen LogP contribution in [0.2, 0.25) is 0 Å². The van der Waals surface area contributed by atoms with Crippen LogP contribution in [0.25, 0.3) is 11.3 Å². The molecule has 1 atom stereocenters. The lowest BCUT2D eigenvalue weighted by atomic mass is 10.0. The van der Waals surface area contributed by atoms with Gasteiger partial charge in [0.15, 0.2) is 0 Å². The summed E-state index contributed by atoms with van der Waals surface area (Å²) in [5, 5.41) is 3.49. The number of benzene rings is 1. The van der Waals surface area contributed by atoms with Crippen molar-refractivity contribution in [2.45, 2.75) is 25.3 Å². The molecule has 2 heterocycles. The molecule has 98 valence electrons. The van der Waals surface area contributed by atoms with Crippen LogP contribution in [0.4, 0.5) is 0 Å². The second-order valence-corrected chi connectivity index (χ2v) is 5.64. The second-order valence-electron chi connectivity index (χ2n) is 4.78. The predicted molar refractivity (Wildman–Crippen MR) is 79.8 cm³/mol. The molecule has 19 heavy (non-hydrogen) atoms. The van der Waals surface area contributed by atoms with Gasteiger partial charge in [-0.25, -0.2) is 9.97 Å². The number of nitrogens with one attached hydrogen (secondary N) is 1. The smallest absolute Gasteiger partial charge is 0.145 e. The minimum Gasteiger partial charge on any atom is -0.307 e. The molecule has 0 radical (unpaired) electrons. The maximum atomic E-state index is 4.72. The maximum Gasteiger partial charge on any atom is 0.145 e. The summed E-state index contributed by atoms with van der Waals surface area (Å²) in [5.41, 5.74) is 2.09. The Labute approximate surface area is 121 Å². The van der Waals surface area contributed by atoms with Crippen molar-refractivity contribution in [3.63, 3.8) is 0 Å². The van der Waals surface area contributed by atoms with Gasteiger partial charge in [0.05, 0.1) is 11.7 Å². The lowest BCUT2D eigenvalue weighted by Crippen LogP contribution is -2.28. The fourth-order valence-electron chi connectivity index (χ4n) is 2.43. The van der Waals surface area contributed by atoms with Gasteiger partial charge in [0.25, 0.3) is 0 Å². The highest BCUT2D eigenvalue weighted by molar-refractivity contribution is 9.10. The van der Waals surface area contributed by atoms with Crippen molar-refractivity contribution in [2.75, 3.05) is 6.54 Å². The van der Waals surface area contributed by atoms with Crippen LogP contribution >= 0.6 is 15.9 Å². The minimum atomic E-state index is 0.302. The predicted octanol–water partition coefficient (Wildman–Crippen LogP) is 3.72. The Hall–Kier alpha value is -1.26. The molecule has 1 aliphatic heterocycles. The van der Waals surface area contributed by atoms with Crippen molar-refractivity contribution >= 4 is 15.9 Å². The number of rotatable bonds is 2. The van der Waals surface area contributed by atoms with Crippen molar-refractivity contribution in [3.8, 4) is 11.3 Å². The van der Waals surface area contributed by atoms with E-state index in [9.17, 15) is 0 Å². The Morgan fingerprint density at radius 1 is 1.16 bits per heavy atom. The molecule has 3 nitrogen and oxygen atoms in total. The topological polar surface area (TPSA) is 37.8 Å². The van der Waals surface area contributed by atoms with Crippen molar-refractivity contribution in [2.24, 2.45) is 0 Å².